The van der Waals surface area contributed by atoms with Crippen molar-refractivity contribution in [2.45, 2.75) is 19.1 Å². The van der Waals surface area contributed by atoms with Crippen molar-refractivity contribution >= 4 is 5.91 Å². The summed E-state index contributed by atoms with van der Waals surface area (Å²) < 4.78 is 43.5. The first kappa shape index (κ1) is 20.1. The zero-order valence-electron chi connectivity index (χ0n) is 15.4. The fourth-order valence-corrected chi connectivity index (χ4v) is 3.02. The number of hydrogen-bond acceptors (Lipinski definition) is 4. The van der Waals surface area contributed by atoms with Crippen molar-refractivity contribution in [1.29, 1.82) is 0 Å². The third kappa shape index (κ3) is 5.69. The van der Waals surface area contributed by atoms with Crippen LogP contribution in [0.25, 0.3) is 0 Å². The predicted molar refractivity (Wildman–Crippen MR) is 97.7 cm³/mol. The predicted octanol–water partition coefficient (Wildman–Crippen LogP) is 3.21. The molecule has 1 aromatic carbocycles. The van der Waals surface area contributed by atoms with Gasteiger partial charge in [0.15, 0.2) is 0 Å². The number of hydrogen-bond donors (Lipinski definition) is 0. The van der Waals surface area contributed by atoms with Crippen molar-refractivity contribution in [3.05, 3.63) is 59.9 Å². The van der Waals surface area contributed by atoms with Crippen LogP contribution in [0.3, 0.4) is 0 Å². The van der Waals surface area contributed by atoms with Gasteiger partial charge in [-0.1, -0.05) is 24.3 Å². The maximum Gasteiger partial charge on any atom is 0.433 e. The van der Waals surface area contributed by atoms with Gasteiger partial charge in [-0.25, -0.2) is 0 Å². The maximum atomic E-state index is 12.6. The Kier molecular flexibility index (Phi) is 6.51. The summed E-state index contributed by atoms with van der Waals surface area (Å²) in [6.45, 7) is 3.35. The number of amides is 1. The lowest BCUT2D eigenvalue weighted by atomic mass is 10.2. The van der Waals surface area contributed by atoms with Crippen LogP contribution in [0, 0.1) is 0 Å². The van der Waals surface area contributed by atoms with Gasteiger partial charge in [0.05, 0.1) is 0 Å². The zero-order valence-corrected chi connectivity index (χ0v) is 15.4. The average Bonchev–Trinajstić information content (AvgIpc) is 2.85. The molecule has 0 radical (unpaired) electrons. The summed E-state index contributed by atoms with van der Waals surface area (Å²) in [5, 5.41) is 0. The molecule has 0 saturated carbocycles. The van der Waals surface area contributed by atoms with Crippen LogP contribution < -0.4 is 4.74 Å². The molecular formula is C20H22F3N3O2. The lowest BCUT2D eigenvalue weighted by Gasteiger charge is -2.22. The number of carbonyl (C=O) groups excluding carboxylic acids is 1. The lowest BCUT2D eigenvalue weighted by molar-refractivity contribution is -0.141. The molecule has 3 rings (SSSR count). The van der Waals surface area contributed by atoms with E-state index in [1.165, 1.54) is 12.3 Å². The molecule has 2 aromatic rings. The van der Waals surface area contributed by atoms with Gasteiger partial charge in [-0.05, 0) is 23.8 Å². The van der Waals surface area contributed by atoms with Gasteiger partial charge < -0.3 is 9.64 Å². The van der Waals surface area contributed by atoms with Crippen LogP contribution in [0.15, 0.2) is 48.7 Å². The topological polar surface area (TPSA) is 45.7 Å². The minimum absolute atomic E-state index is 0.00799. The number of pyridine rings is 1. The Hall–Kier alpha value is -2.61. The van der Waals surface area contributed by atoms with Crippen LogP contribution in [0.4, 0.5) is 13.2 Å². The van der Waals surface area contributed by atoms with Gasteiger partial charge in [-0.15, -0.1) is 0 Å². The first-order valence-electron chi connectivity index (χ1n) is 9.12. The summed E-state index contributed by atoms with van der Waals surface area (Å²) in [4.78, 5) is 19.6. The minimum atomic E-state index is -4.46. The van der Waals surface area contributed by atoms with Crippen molar-refractivity contribution in [2.75, 3.05) is 32.8 Å². The summed E-state index contributed by atoms with van der Waals surface area (Å²) in [7, 11) is 0. The number of benzene rings is 1. The Balaban J connectivity index is 1.49. The van der Waals surface area contributed by atoms with E-state index in [0.29, 0.717) is 44.8 Å². The second-order valence-corrected chi connectivity index (χ2v) is 6.62. The van der Waals surface area contributed by atoms with E-state index in [2.05, 4.69) is 9.88 Å². The van der Waals surface area contributed by atoms with E-state index in [-0.39, 0.29) is 12.5 Å². The second-order valence-electron chi connectivity index (χ2n) is 6.62. The molecule has 2 heterocycles. The molecule has 0 N–H and O–H groups in total. The quantitative estimate of drug-likeness (QED) is 0.756. The van der Waals surface area contributed by atoms with Crippen molar-refractivity contribution in [3.8, 4) is 5.75 Å². The fraction of sp³-hybridized carbons (Fsp3) is 0.400. The van der Waals surface area contributed by atoms with Crippen molar-refractivity contribution in [3.63, 3.8) is 0 Å². The largest absolute Gasteiger partial charge is 0.492 e. The Bertz CT molecular complexity index is 767. The molecule has 0 unspecified atom stereocenters. The Morgan fingerprint density at radius 1 is 1.04 bits per heavy atom. The van der Waals surface area contributed by atoms with Gasteiger partial charge >= 0.3 is 6.18 Å². The summed E-state index contributed by atoms with van der Waals surface area (Å²) in [6.07, 6.45) is -2.90. The van der Waals surface area contributed by atoms with Crippen LogP contribution >= 0.6 is 0 Å². The van der Waals surface area contributed by atoms with Crippen LogP contribution in [0.2, 0.25) is 0 Å². The number of aromatic nitrogens is 1. The molecule has 1 amide bonds. The maximum absolute atomic E-state index is 12.6. The van der Waals surface area contributed by atoms with E-state index in [9.17, 15) is 18.0 Å². The van der Waals surface area contributed by atoms with Gasteiger partial charge in [0, 0.05) is 45.3 Å². The highest BCUT2D eigenvalue weighted by molar-refractivity contribution is 5.76. The number of para-hydroxylation sites is 1. The number of halogens is 3. The van der Waals surface area contributed by atoms with E-state index >= 15 is 0 Å². The van der Waals surface area contributed by atoms with Crippen molar-refractivity contribution < 1.29 is 22.7 Å². The lowest BCUT2D eigenvalue weighted by Crippen LogP contribution is -2.34. The number of ether oxygens (including phenoxy) is 1. The zero-order chi connectivity index (χ0) is 20.0. The fourth-order valence-electron chi connectivity index (χ4n) is 3.02. The van der Waals surface area contributed by atoms with Crippen molar-refractivity contribution in [1.82, 2.24) is 14.8 Å². The highest BCUT2D eigenvalue weighted by Gasteiger charge is 2.32. The van der Waals surface area contributed by atoms with E-state index in [0.717, 1.165) is 11.8 Å². The first-order valence-corrected chi connectivity index (χ1v) is 9.12. The molecule has 28 heavy (non-hydrogen) atoms. The minimum Gasteiger partial charge on any atom is -0.492 e. The van der Waals surface area contributed by atoms with Crippen LogP contribution in [0.5, 0.6) is 5.75 Å². The SMILES string of the molecule is O=C1CCN(CCOc2ccccc2)CCN1Cc1ccc(C(F)(F)F)nc1. The van der Waals surface area contributed by atoms with Gasteiger partial charge in [-0.2, -0.15) is 13.2 Å². The normalized spacial score (nSPS) is 16.1. The molecule has 5 nitrogen and oxygen atoms in total. The Morgan fingerprint density at radius 3 is 2.50 bits per heavy atom. The third-order valence-corrected chi connectivity index (χ3v) is 4.59. The van der Waals surface area contributed by atoms with E-state index in [1.54, 1.807) is 4.90 Å². The van der Waals surface area contributed by atoms with Gasteiger partial charge in [-0.3, -0.25) is 14.7 Å². The molecule has 1 aromatic heterocycles. The number of nitrogens with zero attached hydrogens (tertiary/aromatic N) is 3. The third-order valence-electron chi connectivity index (χ3n) is 4.59. The number of rotatable bonds is 6. The van der Waals surface area contributed by atoms with Crippen LogP contribution in [0.1, 0.15) is 17.7 Å². The molecule has 150 valence electrons. The number of alkyl halides is 3. The molecule has 1 saturated heterocycles. The van der Waals surface area contributed by atoms with Gasteiger partial charge in [0.1, 0.15) is 18.1 Å². The summed E-state index contributed by atoms with van der Waals surface area (Å²) >= 11 is 0. The summed E-state index contributed by atoms with van der Waals surface area (Å²) in [5.41, 5.74) is -0.342. The van der Waals surface area contributed by atoms with E-state index < -0.39 is 11.9 Å². The molecule has 1 fully saturated rings. The monoisotopic (exact) mass is 393 g/mol. The molecule has 0 spiro atoms. The highest BCUT2D eigenvalue weighted by Crippen LogP contribution is 2.27. The number of carbonyl (C=O) groups is 1. The second kappa shape index (κ2) is 9.05. The molecule has 0 atom stereocenters. The van der Waals surface area contributed by atoms with Crippen molar-refractivity contribution in [2.24, 2.45) is 0 Å². The summed E-state index contributed by atoms with van der Waals surface area (Å²) in [5.74, 6) is 0.802. The van der Waals surface area contributed by atoms with Crippen LogP contribution in [-0.2, 0) is 17.5 Å². The van der Waals surface area contributed by atoms with E-state index in [4.69, 9.17) is 4.74 Å². The molecular weight excluding hydrogens is 371 g/mol. The molecule has 0 bridgehead atoms. The molecule has 1 aliphatic heterocycles. The first-order chi connectivity index (χ1) is 13.4. The molecule has 1 aliphatic rings. The average molecular weight is 393 g/mol. The molecule has 8 heteroatoms. The Morgan fingerprint density at radius 2 is 1.82 bits per heavy atom. The van der Waals surface area contributed by atoms with E-state index in [1.807, 2.05) is 30.3 Å². The van der Waals surface area contributed by atoms with Gasteiger partial charge in [0.2, 0.25) is 5.91 Å². The summed E-state index contributed by atoms with van der Waals surface area (Å²) in [6, 6.07) is 11.9. The standard InChI is InChI=1S/C20H22F3N3O2/c21-20(22,23)18-7-6-16(14-24-18)15-26-11-10-25(9-8-19(26)27)12-13-28-17-4-2-1-3-5-17/h1-7,14H,8-13,15H2. The van der Waals surface area contributed by atoms with Gasteiger partial charge in [0.25, 0.3) is 0 Å². The smallest absolute Gasteiger partial charge is 0.433 e. The van der Waals surface area contributed by atoms with Crippen LogP contribution in [-0.4, -0.2) is 53.5 Å². The Labute approximate surface area is 161 Å². The highest BCUT2D eigenvalue weighted by atomic mass is 19.4. The molecule has 0 aliphatic carbocycles.